The van der Waals surface area contributed by atoms with Crippen molar-refractivity contribution in [3.8, 4) is 0 Å². The van der Waals surface area contributed by atoms with Gasteiger partial charge in [0.25, 0.3) is 0 Å². The van der Waals surface area contributed by atoms with Crippen molar-refractivity contribution in [1.82, 2.24) is 10.6 Å². The summed E-state index contributed by atoms with van der Waals surface area (Å²) >= 11 is 0. The van der Waals surface area contributed by atoms with Gasteiger partial charge in [-0.25, -0.2) is 9.59 Å². The van der Waals surface area contributed by atoms with Crippen LogP contribution in [0, 0.1) is 0 Å². The fraction of sp³-hybridized carbons (Fsp3) is 0.818. The molecule has 0 spiro atoms. The van der Waals surface area contributed by atoms with E-state index in [1.165, 1.54) is 0 Å². The van der Waals surface area contributed by atoms with Gasteiger partial charge in [-0.1, -0.05) is 6.92 Å². The number of ether oxygens (including phenoxy) is 2. The SMILES string of the molecule is CCC(COC)NC(=O)NC1(C(=O)O)CCOC1. The van der Waals surface area contributed by atoms with Gasteiger partial charge in [0, 0.05) is 20.1 Å². The van der Waals surface area contributed by atoms with Gasteiger partial charge < -0.3 is 25.2 Å². The highest BCUT2D eigenvalue weighted by Gasteiger charge is 2.44. The predicted octanol–water partition coefficient (Wildman–Crippen LogP) is -0.0457. The minimum absolute atomic E-state index is 0.00315. The number of methoxy groups -OCH3 is 1. The zero-order chi connectivity index (χ0) is 13.6. The number of carbonyl (C=O) groups is 2. The average Bonchev–Trinajstić information content (AvgIpc) is 2.78. The highest BCUT2D eigenvalue weighted by molar-refractivity contribution is 5.86. The van der Waals surface area contributed by atoms with Crippen molar-refractivity contribution in [2.45, 2.75) is 31.3 Å². The normalized spacial score (nSPS) is 24.6. The molecule has 1 heterocycles. The minimum Gasteiger partial charge on any atom is -0.479 e. The summed E-state index contributed by atoms with van der Waals surface area (Å²) in [5, 5.41) is 14.3. The number of carboxylic acid groups (broad SMARTS) is 1. The summed E-state index contributed by atoms with van der Waals surface area (Å²) in [6, 6.07) is -0.644. The Bertz CT molecular complexity index is 302. The number of nitrogens with one attached hydrogen (secondary N) is 2. The Morgan fingerprint density at radius 3 is 2.72 bits per heavy atom. The zero-order valence-electron chi connectivity index (χ0n) is 10.7. The number of rotatable bonds is 6. The summed E-state index contributed by atoms with van der Waals surface area (Å²) in [4.78, 5) is 22.9. The molecule has 0 aromatic rings. The first-order valence-corrected chi connectivity index (χ1v) is 5.93. The first-order chi connectivity index (χ1) is 8.54. The molecule has 0 aromatic heterocycles. The standard InChI is InChI=1S/C11H20N2O5/c1-3-8(6-17-2)12-10(16)13-11(9(14)15)4-5-18-7-11/h8H,3-7H2,1-2H3,(H,14,15)(H2,12,13,16). The third-order valence-corrected chi connectivity index (χ3v) is 2.98. The molecule has 104 valence electrons. The second-order valence-corrected chi connectivity index (χ2v) is 4.35. The molecule has 2 amide bonds. The second-order valence-electron chi connectivity index (χ2n) is 4.35. The van der Waals surface area contributed by atoms with E-state index < -0.39 is 17.5 Å². The third kappa shape index (κ3) is 3.58. The van der Waals surface area contributed by atoms with Crippen LogP contribution >= 0.6 is 0 Å². The van der Waals surface area contributed by atoms with E-state index in [2.05, 4.69) is 10.6 Å². The largest absolute Gasteiger partial charge is 0.479 e. The van der Waals surface area contributed by atoms with E-state index in [4.69, 9.17) is 14.6 Å². The van der Waals surface area contributed by atoms with Gasteiger partial charge in [0.15, 0.2) is 5.54 Å². The molecule has 1 aliphatic rings. The molecule has 1 aliphatic heterocycles. The maximum atomic E-state index is 11.8. The Morgan fingerprint density at radius 1 is 1.56 bits per heavy atom. The molecule has 0 aromatic carbocycles. The van der Waals surface area contributed by atoms with Crippen LogP contribution in [-0.2, 0) is 14.3 Å². The van der Waals surface area contributed by atoms with E-state index in [1.54, 1.807) is 7.11 Å². The van der Waals surface area contributed by atoms with E-state index >= 15 is 0 Å². The Hall–Kier alpha value is -1.34. The molecular weight excluding hydrogens is 240 g/mol. The molecule has 7 heteroatoms. The predicted molar refractivity (Wildman–Crippen MR) is 63.4 cm³/mol. The van der Waals surface area contributed by atoms with E-state index in [9.17, 15) is 9.59 Å². The zero-order valence-corrected chi connectivity index (χ0v) is 10.7. The average molecular weight is 260 g/mol. The first kappa shape index (κ1) is 14.7. The Balaban J connectivity index is 2.54. The van der Waals surface area contributed by atoms with Crippen LogP contribution in [0.25, 0.3) is 0 Å². The summed E-state index contributed by atoms with van der Waals surface area (Å²) in [7, 11) is 1.55. The summed E-state index contributed by atoms with van der Waals surface area (Å²) in [5.74, 6) is -1.07. The lowest BCUT2D eigenvalue weighted by atomic mass is 9.99. The Kier molecular flexibility index (Phi) is 5.36. The number of hydrogen-bond donors (Lipinski definition) is 3. The molecule has 0 radical (unpaired) electrons. The van der Waals surface area contributed by atoms with Crippen molar-refractivity contribution in [2.24, 2.45) is 0 Å². The molecule has 3 N–H and O–H groups in total. The monoisotopic (exact) mass is 260 g/mol. The van der Waals surface area contributed by atoms with E-state index in [1.807, 2.05) is 6.92 Å². The molecule has 18 heavy (non-hydrogen) atoms. The number of hydrogen-bond acceptors (Lipinski definition) is 4. The molecular formula is C11H20N2O5. The number of aliphatic carboxylic acids is 1. The van der Waals surface area contributed by atoms with Gasteiger partial charge in [-0.05, 0) is 6.42 Å². The smallest absolute Gasteiger partial charge is 0.332 e. The van der Waals surface area contributed by atoms with E-state index in [0.29, 0.717) is 19.6 Å². The molecule has 2 atom stereocenters. The van der Waals surface area contributed by atoms with Crippen LogP contribution in [0.2, 0.25) is 0 Å². The van der Waals surface area contributed by atoms with Gasteiger partial charge in [-0.2, -0.15) is 0 Å². The van der Waals surface area contributed by atoms with Crippen LogP contribution < -0.4 is 10.6 Å². The first-order valence-electron chi connectivity index (χ1n) is 5.93. The molecule has 1 rings (SSSR count). The van der Waals surface area contributed by atoms with Crippen LogP contribution in [0.4, 0.5) is 4.79 Å². The van der Waals surface area contributed by atoms with Gasteiger partial charge in [0.2, 0.25) is 0 Å². The molecule has 1 saturated heterocycles. The number of amides is 2. The van der Waals surface area contributed by atoms with E-state index in [-0.39, 0.29) is 19.1 Å². The van der Waals surface area contributed by atoms with Crippen molar-refractivity contribution >= 4 is 12.0 Å². The number of carboxylic acids is 1. The molecule has 0 saturated carbocycles. The van der Waals surface area contributed by atoms with Crippen molar-refractivity contribution in [1.29, 1.82) is 0 Å². The third-order valence-electron chi connectivity index (χ3n) is 2.98. The van der Waals surface area contributed by atoms with Crippen molar-refractivity contribution in [3.63, 3.8) is 0 Å². The fourth-order valence-corrected chi connectivity index (χ4v) is 1.79. The summed E-state index contributed by atoms with van der Waals surface area (Å²) in [6.45, 7) is 2.63. The Morgan fingerprint density at radius 2 is 2.28 bits per heavy atom. The summed E-state index contributed by atoms with van der Waals surface area (Å²) in [5.41, 5.74) is -1.31. The minimum atomic E-state index is -1.31. The van der Waals surface area contributed by atoms with E-state index in [0.717, 1.165) is 0 Å². The highest BCUT2D eigenvalue weighted by Crippen LogP contribution is 2.18. The van der Waals surface area contributed by atoms with Crippen molar-refractivity contribution in [3.05, 3.63) is 0 Å². The van der Waals surface area contributed by atoms with Gasteiger partial charge in [-0.3, -0.25) is 0 Å². The molecule has 0 aliphatic carbocycles. The van der Waals surface area contributed by atoms with Crippen LogP contribution in [0.5, 0.6) is 0 Å². The van der Waals surface area contributed by atoms with Crippen LogP contribution in [0.3, 0.4) is 0 Å². The molecule has 7 nitrogen and oxygen atoms in total. The van der Waals surface area contributed by atoms with Crippen LogP contribution in [0.15, 0.2) is 0 Å². The van der Waals surface area contributed by atoms with Crippen molar-refractivity contribution in [2.75, 3.05) is 26.9 Å². The lowest BCUT2D eigenvalue weighted by Gasteiger charge is -2.25. The fourth-order valence-electron chi connectivity index (χ4n) is 1.79. The maximum absolute atomic E-state index is 11.8. The molecule has 2 unspecified atom stereocenters. The summed E-state index contributed by atoms with van der Waals surface area (Å²) < 4.78 is 10.0. The maximum Gasteiger partial charge on any atom is 0.332 e. The van der Waals surface area contributed by atoms with Gasteiger partial charge in [-0.15, -0.1) is 0 Å². The van der Waals surface area contributed by atoms with Crippen LogP contribution in [0.1, 0.15) is 19.8 Å². The lowest BCUT2D eigenvalue weighted by Crippen LogP contribution is -2.59. The molecule has 0 bridgehead atoms. The van der Waals surface area contributed by atoms with Gasteiger partial charge in [0.05, 0.1) is 19.3 Å². The number of carbonyl (C=O) groups excluding carboxylic acids is 1. The van der Waals surface area contributed by atoms with Gasteiger partial charge >= 0.3 is 12.0 Å². The van der Waals surface area contributed by atoms with Crippen LogP contribution in [-0.4, -0.2) is 55.6 Å². The second kappa shape index (κ2) is 6.55. The quantitative estimate of drug-likeness (QED) is 0.622. The topological polar surface area (TPSA) is 96.9 Å². The van der Waals surface area contributed by atoms with Crippen molar-refractivity contribution < 1.29 is 24.2 Å². The molecule has 1 fully saturated rings. The Labute approximate surface area is 106 Å². The summed E-state index contributed by atoms with van der Waals surface area (Å²) in [6.07, 6.45) is 0.981. The van der Waals surface area contributed by atoms with Gasteiger partial charge in [0.1, 0.15) is 0 Å². The highest BCUT2D eigenvalue weighted by atomic mass is 16.5. The number of urea groups is 1. The lowest BCUT2D eigenvalue weighted by molar-refractivity contribution is -0.144.